The van der Waals surface area contributed by atoms with Gasteiger partial charge in [0, 0.05) is 56.2 Å². The molecule has 1 saturated carbocycles. The van der Waals surface area contributed by atoms with E-state index in [1.165, 1.54) is 137 Å². The summed E-state index contributed by atoms with van der Waals surface area (Å²) in [6.07, 6.45) is 4.76. The maximum absolute atomic E-state index is 2.82. The molecule has 2 aliphatic carbocycles. The molecule has 3 nitrogen and oxygen atoms in total. The summed E-state index contributed by atoms with van der Waals surface area (Å²) in [4.78, 5) is 8.28. The first-order valence-electron chi connectivity index (χ1n) is 28.0. The maximum Gasteiger partial charge on any atom is 0.252 e. The molecular formula is C71H74BN3. The summed E-state index contributed by atoms with van der Waals surface area (Å²) in [5.74, 6) is 0. The number of hydrogen-bond donors (Lipinski definition) is 0. The highest BCUT2D eigenvalue weighted by Crippen LogP contribution is 2.63. The molecule has 75 heavy (non-hydrogen) atoms. The van der Waals surface area contributed by atoms with E-state index in [1.807, 2.05) is 0 Å². The summed E-state index contributed by atoms with van der Waals surface area (Å²) < 4.78 is 0. The van der Waals surface area contributed by atoms with E-state index in [2.05, 4.69) is 269 Å². The fourth-order valence-corrected chi connectivity index (χ4v) is 14.7. The summed E-state index contributed by atoms with van der Waals surface area (Å²) in [6.45, 7) is 31.3. The highest BCUT2D eigenvalue weighted by molar-refractivity contribution is 7.00. The number of para-hydroxylation sites is 1. The molecule has 3 heterocycles. The third-order valence-corrected chi connectivity index (χ3v) is 19.0. The van der Waals surface area contributed by atoms with Crippen LogP contribution in [0.2, 0.25) is 0 Å². The van der Waals surface area contributed by atoms with Crippen molar-refractivity contribution in [2.24, 2.45) is 0 Å². The van der Waals surface area contributed by atoms with Gasteiger partial charge in [0.05, 0.1) is 11.2 Å². The van der Waals surface area contributed by atoms with E-state index >= 15 is 0 Å². The zero-order valence-electron chi connectivity index (χ0n) is 46.8. The third kappa shape index (κ3) is 6.86. The van der Waals surface area contributed by atoms with E-state index in [-0.39, 0.29) is 39.3 Å². The standard InChI is InChI=1S/C71H74BN3/c1-66(2,3)46-26-23-27-49(40-46)73-60-42-48(68(7,8)9)32-35-56(60)72-57-36-34-52-51-28-17-18-29-54(51)69(10,11)63(52)65(57)74(58-37-33-47(67(4,5)6)41-53(58)45-24-15-14-16-25-45)62-44-50(43-61(73)64(62)72)75-59-31-20-19-30-55(59)70(12)38-21-22-39-71(70,75)13/h14-20,23-37,40-44H,21-22,38-39H2,1-13H3. The first kappa shape index (κ1) is 47.9. The van der Waals surface area contributed by atoms with E-state index < -0.39 is 0 Å². The van der Waals surface area contributed by atoms with Crippen LogP contribution in [0.1, 0.15) is 149 Å². The van der Waals surface area contributed by atoms with Crippen LogP contribution < -0.4 is 31.1 Å². The molecule has 0 N–H and O–H groups in total. The summed E-state index contributed by atoms with van der Waals surface area (Å²) in [7, 11) is 0. The first-order valence-corrected chi connectivity index (χ1v) is 28.0. The predicted octanol–water partition coefficient (Wildman–Crippen LogP) is 17.4. The van der Waals surface area contributed by atoms with Crippen molar-refractivity contribution >= 4 is 68.6 Å². The highest BCUT2D eigenvalue weighted by Gasteiger charge is 2.58. The van der Waals surface area contributed by atoms with Gasteiger partial charge in [-0.2, -0.15) is 0 Å². The van der Waals surface area contributed by atoms with Crippen molar-refractivity contribution in [3.63, 3.8) is 0 Å². The largest absolute Gasteiger partial charge is 0.334 e. The van der Waals surface area contributed by atoms with Gasteiger partial charge in [0.1, 0.15) is 0 Å². The Kier molecular flexibility index (Phi) is 10.3. The van der Waals surface area contributed by atoms with Crippen LogP contribution in [0.25, 0.3) is 22.3 Å². The molecule has 8 aromatic carbocycles. The molecule has 0 aromatic heterocycles. The molecule has 3 aliphatic heterocycles. The van der Waals surface area contributed by atoms with Gasteiger partial charge >= 0.3 is 0 Å². The van der Waals surface area contributed by atoms with Crippen molar-refractivity contribution in [3.8, 4) is 22.3 Å². The normalized spacial score (nSPS) is 20.0. The zero-order valence-corrected chi connectivity index (χ0v) is 46.8. The lowest BCUT2D eigenvalue weighted by Crippen LogP contribution is -2.62. The van der Waals surface area contributed by atoms with Gasteiger partial charge in [-0.15, -0.1) is 0 Å². The quantitative estimate of drug-likeness (QED) is 0.163. The molecule has 0 bridgehead atoms. The summed E-state index contributed by atoms with van der Waals surface area (Å²) >= 11 is 0. The molecule has 2 atom stereocenters. The number of rotatable bonds is 4. The molecule has 1 fully saturated rings. The lowest BCUT2D eigenvalue weighted by molar-refractivity contribution is 0.195. The Bertz CT molecular complexity index is 3660. The van der Waals surface area contributed by atoms with E-state index in [0.29, 0.717) is 0 Å². The Morgan fingerprint density at radius 3 is 1.77 bits per heavy atom. The van der Waals surface area contributed by atoms with Gasteiger partial charge in [0.15, 0.2) is 0 Å². The molecule has 0 spiro atoms. The number of fused-ring (bicyclic) bond motifs is 11. The van der Waals surface area contributed by atoms with Gasteiger partial charge in [0.2, 0.25) is 0 Å². The van der Waals surface area contributed by atoms with Crippen molar-refractivity contribution in [2.75, 3.05) is 14.7 Å². The van der Waals surface area contributed by atoms with Crippen LogP contribution in [-0.4, -0.2) is 12.3 Å². The average Bonchev–Trinajstić information content (AvgIpc) is 3.82. The summed E-state index contributed by atoms with van der Waals surface area (Å²) in [5.41, 5.74) is 27.0. The molecule has 8 aromatic rings. The SMILES string of the molecule is CC(C)(C)c1cccc(N2c3cc(C(C)(C)C)ccc3B3c4ccc5c(c4N(c4ccc(C(C)(C)C)cc4-c4ccccc4)c4cc(N6c7ccccc7C7(C)CCCCC67C)cc2c43)C(C)(C)c2ccccc2-5)c1. The van der Waals surface area contributed by atoms with Crippen LogP contribution in [-0.2, 0) is 27.1 Å². The van der Waals surface area contributed by atoms with Crippen LogP contribution in [0, 0.1) is 0 Å². The molecule has 0 saturated heterocycles. The minimum Gasteiger partial charge on any atom is -0.334 e. The number of hydrogen-bond acceptors (Lipinski definition) is 3. The molecule has 5 aliphatic rings. The first-order chi connectivity index (χ1) is 35.6. The van der Waals surface area contributed by atoms with Crippen LogP contribution in [0.4, 0.5) is 45.5 Å². The Balaban J connectivity index is 1.22. The van der Waals surface area contributed by atoms with Gasteiger partial charge in [-0.05, 0) is 151 Å². The Hall–Kier alpha value is -6.78. The minimum absolute atomic E-state index is 0.0153. The molecule has 376 valence electrons. The van der Waals surface area contributed by atoms with Gasteiger partial charge in [-0.1, -0.05) is 211 Å². The molecular weight excluding hydrogens is 906 g/mol. The van der Waals surface area contributed by atoms with Gasteiger partial charge in [-0.3, -0.25) is 0 Å². The van der Waals surface area contributed by atoms with Crippen LogP contribution in [0.5, 0.6) is 0 Å². The molecule has 4 heteroatoms. The van der Waals surface area contributed by atoms with Crippen molar-refractivity contribution in [3.05, 3.63) is 197 Å². The Morgan fingerprint density at radius 1 is 0.427 bits per heavy atom. The zero-order chi connectivity index (χ0) is 52.4. The molecule has 13 rings (SSSR count). The fourth-order valence-electron chi connectivity index (χ4n) is 14.7. The number of nitrogens with zero attached hydrogens (tertiary/aromatic N) is 3. The molecule has 0 radical (unpaired) electrons. The number of benzene rings is 8. The fraction of sp³-hybridized carbons (Fsp3) is 0.324. The minimum atomic E-state index is -0.288. The molecule has 2 unspecified atom stereocenters. The Morgan fingerprint density at radius 2 is 1.04 bits per heavy atom. The second-order valence-corrected chi connectivity index (χ2v) is 26.9. The third-order valence-electron chi connectivity index (χ3n) is 19.0. The molecule has 0 amide bonds. The van der Waals surface area contributed by atoms with E-state index in [4.69, 9.17) is 0 Å². The second-order valence-electron chi connectivity index (χ2n) is 26.9. The lowest BCUT2D eigenvalue weighted by atomic mass is 9.33. The van der Waals surface area contributed by atoms with Gasteiger partial charge in [-0.25, -0.2) is 0 Å². The van der Waals surface area contributed by atoms with Crippen molar-refractivity contribution in [1.82, 2.24) is 0 Å². The predicted molar refractivity (Wildman–Crippen MR) is 322 cm³/mol. The van der Waals surface area contributed by atoms with Gasteiger partial charge < -0.3 is 14.7 Å². The van der Waals surface area contributed by atoms with Crippen molar-refractivity contribution in [1.29, 1.82) is 0 Å². The smallest absolute Gasteiger partial charge is 0.252 e. The monoisotopic (exact) mass is 980 g/mol. The summed E-state index contributed by atoms with van der Waals surface area (Å²) in [6, 6.07) is 64.5. The van der Waals surface area contributed by atoms with E-state index in [1.54, 1.807) is 0 Å². The second kappa shape index (κ2) is 16.1. The Labute approximate surface area is 448 Å². The average molecular weight is 980 g/mol. The topological polar surface area (TPSA) is 9.72 Å². The van der Waals surface area contributed by atoms with Crippen LogP contribution >= 0.6 is 0 Å². The van der Waals surface area contributed by atoms with Gasteiger partial charge in [0.25, 0.3) is 6.71 Å². The maximum atomic E-state index is 2.82. The summed E-state index contributed by atoms with van der Waals surface area (Å²) in [5, 5.41) is 0. The highest BCUT2D eigenvalue weighted by atomic mass is 15.3. The van der Waals surface area contributed by atoms with Crippen molar-refractivity contribution < 1.29 is 0 Å². The van der Waals surface area contributed by atoms with Crippen LogP contribution in [0.3, 0.4) is 0 Å². The van der Waals surface area contributed by atoms with Crippen LogP contribution in [0.15, 0.2) is 164 Å². The van der Waals surface area contributed by atoms with Crippen molar-refractivity contribution in [2.45, 2.75) is 148 Å². The lowest BCUT2D eigenvalue weighted by Gasteiger charge is -2.51. The number of anilines is 8. The van der Waals surface area contributed by atoms with E-state index in [9.17, 15) is 0 Å². The van der Waals surface area contributed by atoms with E-state index in [0.717, 1.165) is 6.42 Å².